The molecule has 0 saturated heterocycles. The maximum atomic E-state index is 13.3. The Bertz CT molecular complexity index is 322. The van der Waals surface area contributed by atoms with Gasteiger partial charge in [-0.25, -0.2) is 9.37 Å². The van der Waals surface area contributed by atoms with Crippen molar-refractivity contribution in [2.45, 2.75) is 13.0 Å². The maximum Gasteiger partial charge on any atom is 0.167 e. The summed E-state index contributed by atoms with van der Waals surface area (Å²) < 4.78 is 13.3. The molecule has 0 radical (unpaired) electrons. The molecule has 14 heavy (non-hydrogen) atoms. The van der Waals surface area contributed by atoms with Crippen LogP contribution < -0.4 is 4.90 Å². The van der Waals surface area contributed by atoms with Crippen LogP contribution in [0.3, 0.4) is 0 Å². The summed E-state index contributed by atoms with van der Waals surface area (Å²) in [4.78, 5) is 5.42. The quantitative estimate of drug-likeness (QED) is 0.839. The molecule has 0 amide bonds. The van der Waals surface area contributed by atoms with Gasteiger partial charge in [-0.1, -0.05) is 11.6 Å². The van der Waals surface area contributed by atoms with E-state index in [0.29, 0.717) is 0 Å². The smallest absolute Gasteiger partial charge is 0.167 e. The fourth-order valence-electron chi connectivity index (χ4n) is 0.998. The molecule has 5 heteroatoms. The van der Waals surface area contributed by atoms with Crippen LogP contribution in [0.4, 0.5) is 10.2 Å². The van der Waals surface area contributed by atoms with Crippen LogP contribution >= 0.6 is 11.6 Å². The van der Waals surface area contributed by atoms with Crippen molar-refractivity contribution in [3.05, 3.63) is 23.1 Å². The van der Waals surface area contributed by atoms with Crippen LogP contribution in [0.2, 0.25) is 5.02 Å². The van der Waals surface area contributed by atoms with Crippen molar-refractivity contribution in [3.63, 3.8) is 0 Å². The second kappa shape index (κ2) is 4.57. The van der Waals surface area contributed by atoms with Gasteiger partial charge in [0, 0.05) is 13.2 Å². The van der Waals surface area contributed by atoms with E-state index in [1.54, 1.807) is 18.9 Å². The van der Waals surface area contributed by atoms with Gasteiger partial charge in [0.05, 0.1) is 17.7 Å². The van der Waals surface area contributed by atoms with Gasteiger partial charge in [0.2, 0.25) is 0 Å². The van der Waals surface area contributed by atoms with Crippen LogP contribution in [0.5, 0.6) is 0 Å². The first-order chi connectivity index (χ1) is 6.56. The topological polar surface area (TPSA) is 36.4 Å². The number of aromatic nitrogens is 1. The van der Waals surface area contributed by atoms with E-state index in [-0.39, 0.29) is 23.5 Å². The summed E-state index contributed by atoms with van der Waals surface area (Å²) in [5, 5.41) is 9.15. The second-order valence-electron chi connectivity index (χ2n) is 3.10. The SMILES string of the molecule is CC(CO)N(C)c1ncc(Cl)cc1F. The van der Waals surface area contributed by atoms with Crippen LogP contribution in [0.15, 0.2) is 12.3 Å². The predicted octanol–water partition coefficient (Wildman–Crippen LogP) is 1.69. The lowest BCUT2D eigenvalue weighted by Gasteiger charge is -2.24. The summed E-state index contributed by atoms with van der Waals surface area (Å²) in [7, 11) is 1.67. The summed E-state index contributed by atoms with van der Waals surface area (Å²) in [6, 6.07) is 1.02. The average Bonchev–Trinajstić information content (AvgIpc) is 2.15. The molecule has 1 N–H and O–H groups in total. The van der Waals surface area contributed by atoms with Gasteiger partial charge in [-0.05, 0) is 13.0 Å². The molecule has 78 valence electrons. The molecule has 1 atom stereocenters. The van der Waals surface area contributed by atoms with E-state index in [9.17, 15) is 4.39 Å². The monoisotopic (exact) mass is 218 g/mol. The fourth-order valence-corrected chi connectivity index (χ4v) is 1.14. The number of halogens is 2. The third-order valence-corrected chi connectivity index (χ3v) is 2.25. The number of aliphatic hydroxyl groups is 1. The Kier molecular flexibility index (Phi) is 3.66. The number of anilines is 1. The number of rotatable bonds is 3. The second-order valence-corrected chi connectivity index (χ2v) is 3.54. The maximum absolute atomic E-state index is 13.3. The summed E-state index contributed by atoms with van der Waals surface area (Å²) in [5.41, 5.74) is 0. The third kappa shape index (κ3) is 2.33. The highest BCUT2D eigenvalue weighted by atomic mass is 35.5. The minimum atomic E-state index is -0.486. The minimum absolute atomic E-state index is 0.0553. The van der Waals surface area contributed by atoms with E-state index in [4.69, 9.17) is 16.7 Å². The third-order valence-electron chi connectivity index (χ3n) is 2.05. The molecule has 0 fully saturated rings. The molecule has 0 spiro atoms. The average molecular weight is 219 g/mol. The first-order valence-corrected chi connectivity index (χ1v) is 4.58. The molecular weight excluding hydrogens is 207 g/mol. The number of hydrogen-bond acceptors (Lipinski definition) is 3. The molecule has 1 unspecified atom stereocenters. The number of likely N-dealkylation sites (N-methyl/N-ethyl adjacent to an activating group) is 1. The van der Waals surface area contributed by atoms with Gasteiger partial charge in [-0.15, -0.1) is 0 Å². The normalized spacial score (nSPS) is 12.6. The van der Waals surface area contributed by atoms with Crippen molar-refractivity contribution in [2.75, 3.05) is 18.6 Å². The molecule has 1 heterocycles. The molecule has 0 bridgehead atoms. The Morgan fingerprint density at radius 1 is 1.71 bits per heavy atom. The molecule has 0 aromatic carbocycles. The highest BCUT2D eigenvalue weighted by Crippen LogP contribution is 2.19. The van der Waals surface area contributed by atoms with Gasteiger partial charge < -0.3 is 10.0 Å². The zero-order valence-corrected chi connectivity index (χ0v) is 8.79. The molecule has 3 nitrogen and oxygen atoms in total. The Balaban J connectivity index is 2.95. The number of aliphatic hydroxyl groups excluding tert-OH is 1. The Morgan fingerprint density at radius 3 is 2.86 bits per heavy atom. The van der Waals surface area contributed by atoms with E-state index < -0.39 is 5.82 Å². The molecule has 1 rings (SSSR count). The first kappa shape index (κ1) is 11.2. The highest BCUT2D eigenvalue weighted by molar-refractivity contribution is 6.30. The van der Waals surface area contributed by atoms with Gasteiger partial charge in [-0.3, -0.25) is 0 Å². The molecule has 0 aliphatic carbocycles. The Labute approximate surface area is 87.1 Å². The van der Waals surface area contributed by atoms with Gasteiger partial charge in [0.25, 0.3) is 0 Å². The molecule has 1 aromatic heterocycles. The molecule has 0 saturated carbocycles. The van der Waals surface area contributed by atoms with Crippen molar-refractivity contribution in [1.29, 1.82) is 0 Å². The fraction of sp³-hybridized carbons (Fsp3) is 0.444. The van der Waals surface area contributed by atoms with Crippen LogP contribution in [0.25, 0.3) is 0 Å². The Morgan fingerprint density at radius 2 is 2.36 bits per heavy atom. The Hall–Kier alpha value is -0.870. The van der Waals surface area contributed by atoms with E-state index >= 15 is 0 Å². The van der Waals surface area contributed by atoms with E-state index in [0.717, 1.165) is 0 Å². The van der Waals surface area contributed by atoms with Crippen LogP contribution in [-0.4, -0.2) is 29.8 Å². The highest BCUT2D eigenvalue weighted by Gasteiger charge is 2.14. The number of nitrogens with zero attached hydrogens (tertiary/aromatic N) is 2. The zero-order valence-electron chi connectivity index (χ0n) is 8.04. The van der Waals surface area contributed by atoms with Gasteiger partial charge in [0.1, 0.15) is 0 Å². The standard InChI is InChI=1S/C9H12ClFN2O/c1-6(5-14)13(2)9-8(11)3-7(10)4-12-9/h3-4,6,14H,5H2,1-2H3. The van der Waals surface area contributed by atoms with Gasteiger partial charge >= 0.3 is 0 Å². The van der Waals surface area contributed by atoms with Crippen molar-refractivity contribution in [2.24, 2.45) is 0 Å². The summed E-state index contributed by atoms with van der Waals surface area (Å²) in [6.07, 6.45) is 1.38. The first-order valence-electron chi connectivity index (χ1n) is 4.21. The van der Waals surface area contributed by atoms with Crippen molar-refractivity contribution < 1.29 is 9.50 Å². The van der Waals surface area contributed by atoms with Crippen molar-refractivity contribution >= 4 is 17.4 Å². The van der Waals surface area contributed by atoms with Crippen LogP contribution in [0.1, 0.15) is 6.92 Å². The lowest BCUT2D eigenvalue weighted by atomic mass is 10.3. The zero-order chi connectivity index (χ0) is 10.7. The van der Waals surface area contributed by atoms with Crippen molar-refractivity contribution in [1.82, 2.24) is 4.98 Å². The van der Waals surface area contributed by atoms with Gasteiger partial charge in [-0.2, -0.15) is 0 Å². The van der Waals surface area contributed by atoms with Crippen LogP contribution in [0, 0.1) is 5.82 Å². The number of pyridine rings is 1. The molecule has 0 aliphatic heterocycles. The number of hydrogen-bond donors (Lipinski definition) is 1. The minimum Gasteiger partial charge on any atom is -0.394 e. The summed E-state index contributed by atoms with van der Waals surface area (Å²) in [6.45, 7) is 1.72. The summed E-state index contributed by atoms with van der Waals surface area (Å²) in [5.74, 6) is -0.295. The lowest BCUT2D eigenvalue weighted by Crippen LogP contribution is -2.33. The summed E-state index contributed by atoms with van der Waals surface area (Å²) >= 11 is 5.56. The van der Waals surface area contributed by atoms with Gasteiger partial charge in [0.15, 0.2) is 11.6 Å². The predicted molar refractivity (Wildman–Crippen MR) is 54.2 cm³/mol. The van der Waals surface area contributed by atoms with E-state index in [2.05, 4.69) is 4.98 Å². The van der Waals surface area contributed by atoms with Crippen molar-refractivity contribution in [3.8, 4) is 0 Å². The molecular formula is C9H12ClFN2O. The lowest BCUT2D eigenvalue weighted by molar-refractivity contribution is 0.269. The largest absolute Gasteiger partial charge is 0.394 e. The van der Waals surface area contributed by atoms with E-state index in [1.807, 2.05) is 0 Å². The van der Waals surface area contributed by atoms with E-state index in [1.165, 1.54) is 12.3 Å². The van der Waals surface area contributed by atoms with Crippen LogP contribution in [-0.2, 0) is 0 Å². The molecule has 0 aliphatic rings. The molecule has 1 aromatic rings.